The Bertz CT molecular complexity index is 701. The van der Waals surface area contributed by atoms with Crippen molar-refractivity contribution in [2.45, 2.75) is 75.9 Å². The number of aromatic nitrogens is 2. The van der Waals surface area contributed by atoms with Crippen LogP contribution in [-0.4, -0.2) is 47.5 Å². The van der Waals surface area contributed by atoms with Crippen LogP contribution in [0.4, 0.5) is 0 Å². The second-order valence-corrected chi connectivity index (χ2v) is 8.83. The van der Waals surface area contributed by atoms with E-state index in [-0.39, 0.29) is 22.5 Å². The summed E-state index contributed by atoms with van der Waals surface area (Å²) in [6.07, 6.45) is 9.67. The minimum absolute atomic E-state index is 0.0930. The number of nitrogens with zero attached hydrogens (tertiary/aromatic N) is 3. The zero-order valence-electron chi connectivity index (χ0n) is 14.9. The van der Waals surface area contributed by atoms with Gasteiger partial charge in [-0.25, -0.2) is 8.42 Å². The predicted molar refractivity (Wildman–Crippen MR) is 94.9 cm³/mol. The third kappa shape index (κ3) is 4.06. The van der Waals surface area contributed by atoms with Crippen LogP contribution in [0.2, 0.25) is 0 Å². The monoisotopic (exact) mass is 368 g/mol. The van der Waals surface area contributed by atoms with Crippen molar-refractivity contribution in [3.05, 3.63) is 11.8 Å². The minimum Gasteiger partial charge on any atom is -0.349 e. The summed E-state index contributed by atoms with van der Waals surface area (Å²) in [5.74, 6) is -0.317. The van der Waals surface area contributed by atoms with E-state index in [4.69, 9.17) is 0 Å². The molecule has 1 saturated heterocycles. The fourth-order valence-corrected chi connectivity index (χ4v) is 5.26. The summed E-state index contributed by atoms with van der Waals surface area (Å²) < 4.78 is 29.0. The molecule has 1 amide bonds. The number of carbonyl (C=O) groups is 1. The van der Waals surface area contributed by atoms with Crippen LogP contribution >= 0.6 is 0 Å². The van der Waals surface area contributed by atoms with E-state index in [2.05, 4.69) is 10.4 Å². The summed E-state index contributed by atoms with van der Waals surface area (Å²) in [7, 11) is -3.73. The van der Waals surface area contributed by atoms with Crippen molar-refractivity contribution in [3.63, 3.8) is 0 Å². The Morgan fingerprint density at radius 2 is 1.80 bits per heavy atom. The van der Waals surface area contributed by atoms with E-state index in [1.807, 2.05) is 6.92 Å². The Hall–Kier alpha value is -1.41. The van der Waals surface area contributed by atoms with Crippen molar-refractivity contribution >= 4 is 15.9 Å². The van der Waals surface area contributed by atoms with Gasteiger partial charge < -0.3 is 5.32 Å². The Balaban J connectivity index is 1.85. The summed E-state index contributed by atoms with van der Waals surface area (Å²) in [5.41, 5.74) is 0.179. The lowest BCUT2D eigenvalue weighted by Crippen LogP contribution is -2.39. The van der Waals surface area contributed by atoms with Crippen LogP contribution in [0.25, 0.3) is 0 Å². The first-order valence-electron chi connectivity index (χ1n) is 9.41. The smallest absolute Gasteiger partial charge is 0.263 e. The molecule has 8 heteroatoms. The molecule has 1 saturated carbocycles. The van der Waals surface area contributed by atoms with Crippen LogP contribution in [0.3, 0.4) is 0 Å². The van der Waals surface area contributed by atoms with Crippen molar-refractivity contribution in [2.24, 2.45) is 0 Å². The molecule has 2 aliphatic rings. The quantitative estimate of drug-likeness (QED) is 0.863. The second kappa shape index (κ2) is 7.86. The Kier molecular flexibility index (Phi) is 5.78. The van der Waals surface area contributed by atoms with Crippen LogP contribution in [0.1, 0.15) is 68.6 Å². The van der Waals surface area contributed by atoms with Gasteiger partial charge in [0, 0.05) is 31.9 Å². The van der Waals surface area contributed by atoms with E-state index in [0.29, 0.717) is 19.6 Å². The fraction of sp³-hybridized carbons (Fsp3) is 0.765. The van der Waals surface area contributed by atoms with Crippen LogP contribution in [0.5, 0.6) is 0 Å². The van der Waals surface area contributed by atoms with E-state index in [1.54, 1.807) is 6.20 Å². The summed E-state index contributed by atoms with van der Waals surface area (Å²) >= 11 is 0. The predicted octanol–water partition coefficient (Wildman–Crippen LogP) is 2.14. The maximum atomic E-state index is 13.0. The molecule has 2 fully saturated rings. The first-order valence-corrected chi connectivity index (χ1v) is 10.8. The highest BCUT2D eigenvalue weighted by Crippen LogP contribution is 2.23. The standard InChI is InChI=1S/C17H28N4O3S/c1-2-20-13-15(16(22)18-14-9-5-3-6-10-14)17(19-20)25(23,24)21-11-7-4-8-12-21/h13-14H,2-12H2,1H3,(H,18,22). The Morgan fingerprint density at radius 3 is 2.44 bits per heavy atom. The van der Waals surface area contributed by atoms with Gasteiger partial charge in [0.05, 0.1) is 5.56 Å². The molecule has 1 aliphatic carbocycles. The number of hydrogen-bond donors (Lipinski definition) is 1. The average molecular weight is 369 g/mol. The van der Waals surface area contributed by atoms with Gasteiger partial charge in [0.2, 0.25) is 5.03 Å². The van der Waals surface area contributed by atoms with Crippen molar-refractivity contribution in [2.75, 3.05) is 13.1 Å². The molecule has 140 valence electrons. The molecule has 7 nitrogen and oxygen atoms in total. The molecular formula is C17H28N4O3S. The molecular weight excluding hydrogens is 340 g/mol. The van der Waals surface area contributed by atoms with Gasteiger partial charge in [-0.2, -0.15) is 9.40 Å². The fourth-order valence-electron chi connectivity index (χ4n) is 3.65. The molecule has 1 aliphatic heterocycles. The van der Waals surface area contributed by atoms with Crippen LogP contribution in [0.15, 0.2) is 11.2 Å². The molecule has 0 aromatic carbocycles. The topological polar surface area (TPSA) is 84.3 Å². The highest BCUT2D eigenvalue weighted by atomic mass is 32.2. The van der Waals surface area contributed by atoms with Gasteiger partial charge in [-0.05, 0) is 32.6 Å². The number of aryl methyl sites for hydroxylation is 1. The van der Waals surface area contributed by atoms with Crippen molar-refractivity contribution < 1.29 is 13.2 Å². The molecule has 25 heavy (non-hydrogen) atoms. The Morgan fingerprint density at radius 1 is 1.16 bits per heavy atom. The highest BCUT2D eigenvalue weighted by Gasteiger charge is 2.33. The number of carbonyl (C=O) groups excluding carboxylic acids is 1. The van der Waals surface area contributed by atoms with Gasteiger partial charge in [0.15, 0.2) is 0 Å². The normalized spacial score (nSPS) is 20.5. The summed E-state index contributed by atoms with van der Waals surface area (Å²) in [5, 5.41) is 7.14. The van der Waals surface area contributed by atoms with E-state index < -0.39 is 10.0 Å². The average Bonchev–Trinajstić information content (AvgIpc) is 3.09. The third-order valence-corrected chi connectivity index (χ3v) is 6.97. The highest BCUT2D eigenvalue weighted by molar-refractivity contribution is 7.89. The SMILES string of the molecule is CCn1cc(C(=O)NC2CCCCC2)c(S(=O)(=O)N2CCCCC2)n1. The van der Waals surface area contributed by atoms with Gasteiger partial charge in [0.25, 0.3) is 15.9 Å². The summed E-state index contributed by atoms with van der Waals surface area (Å²) in [6, 6.07) is 0.136. The van der Waals surface area contributed by atoms with E-state index in [1.165, 1.54) is 15.4 Å². The molecule has 1 aromatic heterocycles. The van der Waals surface area contributed by atoms with Gasteiger partial charge in [-0.15, -0.1) is 0 Å². The maximum Gasteiger partial charge on any atom is 0.263 e. The van der Waals surface area contributed by atoms with Crippen LogP contribution in [0, 0.1) is 0 Å². The van der Waals surface area contributed by atoms with E-state index in [0.717, 1.165) is 44.9 Å². The lowest BCUT2D eigenvalue weighted by molar-refractivity contribution is 0.0924. The number of amides is 1. The lowest BCUT2D eigenvalue weighted by atomic mass is 9.95. The van der Waals surface area contributed by atoms with Gasteiger partial charge >= 0.3 is 0 Å². The minimum atomic E-state index is -3.73. The number of piperidine rings is 1. The zero-order chi connectivity index (χ0) is 17.9. The van der Waals surface area contributed by atoms with Crippen molar-refractivity contribution in [1.82, 2.24) is 19.4 Å². The molecule has 0 bridgehead atoms. The molecule has 2 heterocycles. The van der Waals surface area contributed by atoms with Crippen molar-refractivity contribution in [1.29, 1.82) is 0 Å². The maximum absolute atomic E-state index is 13.0. The largest absolute Gasteiger partial charge is 0.349 e. The second-order valence-electron chi connectivity index (χ2n) is 6.98. The van der Waals surface area contributed by atoms with Crippen LogP contribution < -0.4 is 5.32 Å². The molecule has 1 aromatic rings. The molecule has 3 rings (SSSR count). The summed E-state index contributed by atoms with van der Waals surface area (Å²) in [6.45, 7) is 3.42. The van der Waals surface area contributed by atoms with E-state index >= 15 is 0 Å². The number of nitrogens with one attached hydrogen (secondary N) is 1. The number of hydrogen-bond acceptors (Lipinski definition) is 4. The van der Waals surface area contributed by atoms with Crippen molar-refractivity contribution in [3.8, 4) is 0 Å². The van der Waals surface area contributed by atoms with Gasteiger partial charge in [0.1, 0.15) is 0 Å². The molecule has 1 N–H and O–H groups in total. The van der Waals surface area contributed by atoms with E-state index in [9.17, 15) is 13.2 Å². The molecule has 0 atom stereocenters. The molecule has 0 spiro atoms. The number of sulfonamides is 1. The van der Waals surface area contributed by atoms with Gasteiger partial charge in [-0.3, -0.25) is 9.48 Å². The first-order chi connectivity index (χ1) is 12.0. The molecule has 0 unspecified atom stereocenters. The van der Waals surface area contributed by atoms with Crippen LogP contribution in [-0.2, 0) is 16.6 Å². The third-order valence-electron chi connectivity index (χ3n) is 5.14. The summed E-state index contributed by atoms with van der Waals surface area (Å²) in [4.78, 5) is 12.7. The molecule has 0 radical (unpaired) electrons. The zero-order valence-corrected chi connectivity index (χ0v) is 15.7. The Labute approximate surface area is 149 Å². The number of rotatable bonds is 5. The lowest BCUT2D eigenvalue weighted by Gasteiger charge is -2.25. The first kappa shape index (κ1) is 18.4. The van der Waals surface area contributed by atoms with Gasteiger partial charge in [-0.1, -0.05) is 25.7 Å².